The normalized spacial score (nSPS) is 24.8. The van der Waals surface area contributed by atoms with Crippen molar-refractivity contribution in [2.75, 3.05) is 13.7 Å². The van der Waals surface area contributed by atoms with Gasteiger partial charge < -0.3 is 20.5 Å². The van der Waals surface area contributed by atoms with Crippen molar-refractivity contribution in [3.8, 4) is 5.75 Å². The van der Waals surface area contributed by atoms with Gasteiger partial charge in [0.15, 0.2) is 0 Å². The molecule has 0 spiro atoms. The van der Waals surface area contributed by atoms with E-state index in [4.69, 9.17) is 4.74 Å². The molecular formula is C22H24N2O4. The van der Waals surface area contributed by atoms with Gasteiger partial charge in [0.05, 0.1) is 5.56 Å². The van der Waals surface area contributed by atoms with E-state index in [-0.39, 0.29) is 42.4 Å². The van der Waals surface area contributed by atoms with Crippen LogP contribution in [0.5, 0.6) is 5.75 Å². The van der Waals surface area contributed by atoms with Gasteiger partial charge in [-0.2, -0.15) is 0 Å². The van der Waals surface area contributed by atoms with Crippen LogP contribution in [0.2, 0.25) is 0 Å². The predicted octanol–water partition coefficient (Wildman–Crippen LogP) is 2.07. The molecule has 2 amide bonds. The molecule has 1 aliphatic heterocycles. The van der Waals surface area contributed by atoms with Gasteiger partial charge in [-0.15, -0.1) is 0 Å². The summed E-state index contributed by atoms with van der Waals surface area (Å²) in [5, 5.41) is 14.8. The Kier molecular flexibility index (Phi) is 4.81. The number of hydrogen-bond acceptors (Lipinski definition) is 4. The Morgan fingerprint density at radius 1 is 1.18 bits per heavy atom. The average Bonchev–Trinajstić information content (AvgIpc) is 3.38. The highest BCUT2D eigenvalue weighted by atomic mass is 16.5. The molecule has 1 saturated carbocycles. The molecule has 4 atom stereocenters. The minimum absolute atomic E-state index is 0.00528. The first kappa shape index (κ1) is 18.5. The lowest BCUT2D eigenvalue weighted by atomic mass is 9.87. The van der Waals surface area contributed by atoms with Crippen LogP contribution in [0, 0.1) is 5.92 Å². The molecule has 0 saturated heterocycles. The van der Waals surface area contributed by atoms with Gasteiger partial charge in [0, 0.05) is 42.7 Å². The summed E-state index contributed by atoms with van der Waals surface area (Å²) in [6, 6.07) is 13.4. The Morgan fingerprint density at radius 2 is 1.93 bits per heavy atom. The molecule has 1 aliphatic carbocycles. The van der Waals surface area contributed by atoms with Gasteiger partial charge in [0.1, 0.15) is 11.9 Å². The largest absolute Gasteiger partial charge is 0.489 e. The Hall–Kier alpha value is -2.86. The summed E-state index contributed by atoms with van der Waals surface area (Å²) in [6.07, 6.45) is 0.628. The van der Waals surface area contributed by atoms with E-state index in [1.54, 1.807) is 13.1 Å². The fourth-order valence-corrected chi connectivity index (χ4v) is 3.94. The summed E-state index contributed by atoms with van der Waals surface area (Å²) >= 11 is 0. The van der Waals surface area contributed by atoms with Crippen molar-refractivity contribution in [1.82, 2.24) is 10.6 Å². The molecule has 6 nitrogen and oxygen atoms in total. The Morgan fingerprint density at radius 3 is 2.57 bits per heavy atom. The highest BCUT2D eigenvalue weighted by Crippen LogP contribution is 2.45. The number of nitrogens with one attached hydrogen (secondary N) is 2. The third-order valence-electron chi connectivity index (χ3n) is 5.59. The van der Waals surface area contributed by atoms with Crippen LogP contribution in [-0.4, -0.2) is 42.7 Å². The van der Waals surface area contributed by atoms with Crippen molar-refractivity contribution >= 4 is 11.8 Å². The zero-order valence-corrected chi connectivity index (χ0v) is 15.9. The quantitative estimate of drug-likeness (QED) is 0.741. The maximum absolute atomic E-state index is 12.8. The smallest absolute Gasteiger partial charge is 0.254 e. The minimum atomic E-state index is -0.286. The first-order valence-corrected chi connectivity index (χ1v) is 9.56. The molecule has 1 heterocycles. The van der Waals surface area contributed by atoms with Crippen molar-refractivity contribution in [3.05, 3.63) is 64.7 Å². The number of aliphatic hydroxyl groups excluding tert-OH is 1. The van der Waals surface area contributed by atoms with Gasteiger partial charge in [-0.1, -0.05) is 30.3 Å². The van der Waals surface area contributed by atoms with Crippen molar-refractivity contribution in [2.45, 2.75) is 31.4 Å². The van der Waals surface area contributed by atoms with Gasteiger partial charge in [0.25, 0.3) is 11.8 Å². The number of rotatable bonds is 5. The molecule has 2 aliphatic rings. The third-order valence-corrected chi connectivity index (χ3v) is 5.59. The average molecular weight is 380 g/mol. The second kappa shape index (κ2) is 7.28. The van der Waals surface area contributed by atoms with Crippen LogP contribution in [0.15, 0.2) is 42.5 Å². The number of benzene rings is 2. The molecule has 3 N–H and O–H groups in total. The first-order valence-electron chi connectivity index (χ1n) is 9.56. The maximum atomic E-state index is 12.8. The monoisotopic (exact) mass is 380 g/mol. The fraction of sp³-hybridized carbons (Fsp3) is 0.364. The number of ether oxygens (including phenoxy) is 1. The topological polar surface area (TPSA) is 87.7 Å². The van der Waals surface area contributed by atoms with E-state index < -0.39 is 0 Å². The van der Waals surface area contributed by atoms with Crippen molar-refractivity contribution in [3.63, 3.8) is 0 Å². The lowest BCUT2D eigenvalue weighted by molar-refractivity contribution is 0.0947. The number of aliphatic hydroxyl groups is 1. The van der Waals surface area contributed by atoms with Crippen LogP contribution in [0.4, 0.5) is 0 Å². The minimum Gasteiger partial charge on any atom is -0.489 e. The SMILES string of the molecule is CNC(=O)c1cc(C(=O)NC2CC2CO)cc2c1O[C@@H](C)[C@@H]2c1ccccc1. The first-order chi connectivity index (χ1) is 13.5. The number of amides is 2. The maximum Gasteiger partial charge on any atom is 0.254 e. The van der Waals surface area contributed by atoms with E-state index in [0.29, 0.717) is 16.9 Å². The highest BCUT2D eigenvalue weighted by molar-refractivity contribution is 6.02. The molecule has 6 heteroatoms. The second-order valence-electron chi connectivity index (χ2n) is 7.49. The molecule has 0 aromatic heterocycles. The number of carbonyl (C=O) groups excluding carboxylic acids is 2. The summed E-state index contributed by atoms with van der Waals surface area (Å²) in [6.45, 7) is 2.04. The van der Waals surface area contributed by atoms with E-state index in [9.17, 15) is 14.7 Å². The van der Waals surface area contributed by atoms with Crippen LogP contribution >= 0.6 is 0 Å². The molecular weight excluding hydrogens is 356 g/mol. The summed E-state index contributed by atoms with van der Waals surface area (Å²) < 4.78 is 6.06. The molecule has 28 heavy (non-hydrogen) atoms. The zero-order valence-electron chi connectivity index (χ0n) is 15.9. The van der Waals surface area contributed by atoms with E-state index in [0.717, 1.165) is 17.5 Å². The summed E-state index contributed by atoms with van der Waals surface area (Å²) in [5.74, 6) is 0.0827. The van der Waals surface area contributed by atoms with Crippen LogP contribution in [-0.2, 0) is 0 Å². The molecule has 0 bridgehead atoms. The number of hydrogen-bond donors (Lipinski definition) is 3. The number of carbonyl (C=O) groups is 2. The van der Waals surface area contributed by atoms with Crippen molar-refractivity contribution < 1.29 is 19.4 Å². The zero-order chi connectivity index (χ0) is 19.8. The van der Waals surface area contributed by atoms with E-state index >= 15 is 0 Å². The molecule has 0 radical (unpaired) electrons. The van der Waals surface area contributed by atoms with Crippen LogP contribution in [0.25, 0.3) is 0 Å². The lowest BCUT2D eigenvalue weighted by Crippen LogP contribution is -2.28. The van der Waals surface area contributed by atoms with Crippen LogP contribution in [0.1, 0.15) is 51.1 Å². The fourth-order valence-electron chi connectivity index (χ4n) is 3.94. The van der Waals surface area contributed by atoms with Gasteiger partial charge >= 0.3 is 0 Å². The lowest BCUT2D eigenvalue weighted by Gasteiger charge is -2.15. The Bertz CT molecular complexity index is 912. The third kappa shape index (κ3) is 3.24. The van der Waals surface area contributed by atoms with E-state index in [2.05, 4.69) is 10.6 Å². The molecule has 146 valence electrons. The summed E-state index contributed by atoms with van der Waals surface area (Å²) in [7, 11) is 1.56. The van der Waals surface area contributed by atoms with Crippen LogP contribution < -0.4 is 15.4 Å². The second-order valence-corrected chi connectivity index (χ2v) is 7.49. The highest BCUT2D eigenvalue weighted by Gasteiger charge is 2.39. The molecule has 2 aromatic carbocycles. The molecule has 2 unspecified atom stereocenters. The van der Waals surface area contributed by atoms with Gasteiger partial charge in [-0.25, -0.2) is 0 Å². The summed E-state index contributed by atoms with van der Waals surface area (Å²) in [5.41, 5.74) is 2.72. The predicted molar refractivity (Wildman–Crippen MR) is 105 cm³/mol. The molecule has 2 aromatic rings. The van der Waals surface area contributed by atoms with Gasteiger partial charge in [-0.3, -0.25) is 9.59 Å². The van der Waals surface area contributed by atoms with Crippen molar-refractivity contribution in [2.24, 2.45) is 5.92 Å². The summed E-state index contributed by atoms with van der Waals surface area (Å²) in [4.78, 5) is 25.3. The molecule has 1 fully saturated rings. The Balaban J connectivity index is 1.75. The van der Waals surface area contributed by atoms with Crippen LogP contribution in [0.3, 0.4) is 0 Å². The van der Waals surface area contributed by atoms with Gasteiger partial charge in [-0.05, 0) is 31.0 Å². The van der Waals surface area contributed by atoms with E-state index in [1.165, 1.54) is 0 Å². The van der Waals surface area contributed by atoms with Gasteiger partial charge in [0.2, 0.25) is 0 Å². The van der Waals surface area contributed by atoms with Crippen molar-refractivity contribution in [1.29, 1.82) is 0 Å². The Labute approximate surface area is 163 Å². The number of fused-ring (bicyclic) bond motifs is 1. The molecule has 4 rings (SSSR count). The standard InChI is InChI=1S/C22H24N2O4/c1-12-19(13-6-4-3-5-7-13)16-8-14(21(26)24-18-10-15(18)11-25)9-17(20(16)28-12)22(27)23-2/h3-9,12,15,18-19,25H,10-11H2,1-2H3,(H,23,27)(H,24,26)/t12-,15?,18?,19+/m0/s1. The van der Waals surface area contributed by atoms with E-state index in [1.807, 2.05) is 43.3 Å².